The number of nitrogens with two attached hydrogens (primary N) is 1. The molecule has 0 aliphatic carbocycles. The van der Waals surface area contributed by atoms with E-state index in [4.69, 9.17) is 10.5 Å². The average Bonchev–Trinajstić information content (AvgIpc) is 3.03. The molecule has 1 heterocycles. The summed E-state index contributed by atoms with van der Waals surface area (Å²) in [6.45, 7) is 5.88. The van der Waals surface area contributed by atoms with E-state index in [9.17, 15) is 19.2 Å². The highest BCUT2D eigenvalue weighted by Crippen LogP contribution is 2.36. The molecule has 0 saturated heterocycles. The predicted molar refractivity (Wildman–Crippen MR) is 101 cm³/mol. The number of nitrogens with zero attached hydrogens (tertiary/aromatic N) is 2. The molecule has 2 aromatic carbocycles. The molecule has 3 rings (SSSR count). The first-order chi connectivity index (χ1) is 13.1. The molecule has 0 radical (unpaired) electrons. The Kier molecular flexibility index (Phi) is 4.82. The van der Waals surface area contributed by atoms with Gasteiger partial charge in [-0.15, -0.1) is 0 Å². The van der Waals surface area contributed by atoms with Crippen LogP contribution in [-0.2, 0) is 17.8 Å². The van der Waals surface area contributed by atoms with Crippen molar-refractivity contribution in [2.24, 2.45) is 5.73 Å². The number of amides is 2. The van der Waals surface area contributed by atoms with Gasteiger partial charge >= 0.3 is 6.09 Å². The lowest BCUT2D eigenvalue weighted by Gasteiger charge is -2.24. The van der Waals surface area contributed by atoms with Gasteiger partial charge in [0.25, 0.3) is 0 Å². The summed E-state index contributed by atoms with van der Waals surface area (Å²) in [4.78, 5) is 25.8. The second-order valence-electron chi connectivity index (χ2n) is 7.66. The minimum absolute atomic E-state index is 0.0213. The van der Waals surface area contributed by atoms with E-state index in [-0.39, 0.29) is 18.7 Å². The summed E-state index contributed by atoms with van der Waals surface area (Å²) in [5, 5.41) is 9.38. The summed E-state index contributed by atoms with van der Waals surface area (Å²) in [5.74, 6) is -1.35. The Hall–Kier alpha value is -3.40. The SMILES string of the molecule is CC(C)(C)OC(=O)N1Cc2cc(C#N)cc(-c3ccc(F)cc3C(N)=O)c2C1. The van der Waals surface area contributed by atoms with Crippen LogP contribution in [-0.4, -0.2) is 22.5 Å². The number of benzene rings is 2. The Morgan fingerprint density at radius 2 is 1.89 bits per heavy atom. The Bertz CT molecular complexity index is 1020. The van der Waals surface area contributed by atoms with Crippen molar-refractivity contribution in [3.8, 4) is 17.2 Å². The Morgan fingerprint density at radius 1 is 1.18 bits per heavy atom. The third-order valence-corrected chi connectivity index (χ3v) is 4.37. The third-order valence-electron chi connectivity index (χ3n) is 4.37. The smallest absolute Gasteiger partial charge is 0.410 e. The zero-order chi connectivity index (χ0) is 20.6. The normalized spacial score (nSPS) is 13.0. The van der Waals surface area contributed by atoms with Gasteiger partial charge in [0, 0.05) is 12.1 Å². The molecule has 6 nitrogen and oxygen atoms in total. The number of hydrogen-bond acceptors (Lipinski definition) is 4. The zero-order valence-corrected chi connectivity index (χ0v) is 15.9. The first-order valence-corrected chi connectivity index (χ1v) is 8.72. The van der Waals surface area contributed by atoms with Crippen LogP contribution >= 0.6 is 0 Å². The molecule has 1 aliphatic rings. The monoisotopic (exact) mass is 381 g/mol. The molecule has 144 valence electrons. The molecule has 2 N–H and O–H groups in total. The highest BCUT2D eigenvalue weighted by Gasteiger charge is 2.30. The van der Waals surface area contributed by atoms with E-state index in [0.717, 1.165) is 17.2 Å². The standard InChI is InChI=1S/C21H20FN3O3/c1-21(2,3)28-20(27)25-10-13-6-12(9-23)7-16(18(13)11-25)15-5-4-14(22)8-17(15)19(24)26/h4-8H,10-11H2,1-3H3,(H2,24,26). The maximum atomic E-state index is 13.6. The van der Waals surface area contributed by atoms with E-state index in [0.29, 0.717) is 16.7 Å². The van der Waals surface area contributed by atoms with Gasteiger partial charge in [0.1, 0.15) is 11.4 Å². The highest BCUT2D eigenvalue weighted by molar-refractivity contribution is 6.00. The zero-order valence-electron chi connectivity index (χ0n) is 15.9. The topological polar surface area (TPSA) is 96.4 Å². The molecule has 7 heteroatoms. The van der Waals surface area contributed by atoms with Gasteiger partial charge in [0.15, 0.2) is 0 Å². The van der Waals surface area contributed by atoms with Crippen LogP contribution in [0, 0.1) is 17.1 Å². The van der Waals surface area contributed by atoms with Crippen molar-refractivity contribution in [1.82, 2.24) is 4.90 Å². The summed E-state index contributed by atoms with van der Waals surface area (Å²) >= 11 is 0. The molecule has 0 spiro atoms. The molecule has 28 heavy (non-hydrogen) atoms. The van der Waals surface area contributed by atoms with Crippen LogP contribution in [0.15, 0.2) is 30.3 Å². The number of carbonyl (C=O) groups excluding carboxylic acids is 2. The van der Waals surface area contributed by atoms with Gasteiger partial charge in [-0.3, -0.25) is 9.69 Å². The summed E-state index contributed by atoms with van der Waals surface area (Å²) in [6.07, 6.45) is -0.470. The van der Waals surface area contributed by atoms with Crippen LogP contribution < -0.4 is 5.73 Å². The number of ether oxygens (including phenoxy) is 1. The molecular weight excluding hydrogens is 361 g/mol. The Balaban J connectivity index is 2.09. The molecule has 2 amide bonds. The fourth-order valence-corrected chi connectivity index (χ4v) is 3.23. The van der Waals surface area contributed by atoms with Crippen LogP contribution in [0.3, 0.4) is 0 Å². The number of halogens is 1. The average molecular weight is 381 g/mol. The minimum Gasteiger partial charge on any atom is -0.444 e. The van der Waals surface area contributed by atoms with Crippen molar-refractivity contribution >= 4 is 12.0 Å². The third kappa shape index (κ3) is 3.81. The number of rotatable bonds is 2. The van der Waals surface area contributed by atoms with Gasteiger partial charge in [-0.2, -0.15) is 5.26 Å². The van der Waals surface area contributed by atoms with Crippen molar-refractivity contribution in [2.75, 3.05) is 0 Å². The van der Waals surface area contributed by atoms with E-state index < -0.39 is 23.4 Å². The van der Waals surface area contributed by atoms with Gasteiger partial charge < -0.3 is 10.5 Å². The van der Waals surface area contributed by atoms with Gasteiger partial charge in [-0.05, 0) is 67.3 Å². The van der Waals surface area contributed by atoms with Crippen LogP contribution in [0.2, 0.25) is 0 Å². The molecule has 0 unspecified atom stereocenters. The second kappa shape index (κ2) is 6.97. The summed E-state index contributed by atoms with van der Waals surface area (Å²) in [7, 11) is 0. The predicted octanol–water partition coefficient (Wildman–Crippen LogP) is 3.71. The van der Waals surface area contributed by atoms with Gasteiger partial charge in [0.2, 0.25) is 5.91 Å². The lowest BCUT2D eigenvalue weighted by atomic mass is 9.91. The van der Waals surface area contributed by atoms with Gasteiger partial charge in [-0.1, -0.05) is 6.07 Å². The van der Waals surface area contributed by atoms with Crippen LogP contribution in [0.25, 0.3) is 11.1 Å². The largest absolute Gasteiger partial charge is 0.444 e. The number of nitriles is 1. The molecule has 0 fully saturated rings. The first kappa shape index (κ1) is 19.4. The fraction of sp³-hybridized carbons (Fsp3) is 0.286. The summed E-state index contributed by atoms with van der Waals surface area (Å²) < 4.78 is 19.1. The number of fused-ring (bicyclic) bond motifs is 1. The van der Waals surface area contributed by atoms with E-state index in [1.165, 1.54) is 17.0 Å². The lowest BCUT2D eigenvalue weighted by molar-refractivity contribution is 0.0242. The van der Waals surface area contributed by atoms with Crippen LogP contribution in [0.4, 0.5) is 9.18 Å². The van der Waals surface area contributed by atoms with Crippen molar-refractivity contribution in [3.63, 3.8) is 0 Å². The maximum Gasteiger partial charge on any atom is 0.410 e. The molecule has 0 aromatic heterocycles. The molecule has 0 saturated carbocycles. The van der Waals surface area contributed by atoms with Crippen molar-refractivity contribution in [3.05, 3.63) is 58.4 Å². The van der Waals surface area contributed by atoms with Crippen molar-refractivity contribution in [2.45, 2.75) is 39.5 Å². The second-order valence-corrected chi connectivity index (χ2v) is 7.66. The first-order valence-electron chi connectivity index (χ1n) is 8.72. The fourth-order valence-electron chi connectivity index (χ4n) is 3.23. The quantitative estimate of drug-likeness (QED) is 0.857. The minimum atomic E-state index is -0.771. The molecular formula is C21H20FN3O3. The molecule has 0 bridgehead atoms. The van der Waals surface area contributed by atoms with Gasteiger partial charge in [0.05, 0.1) is 18.2 Å². The highest BCUT2D eigenvalue weighted by atomic mass is 19.1. The maximum absolute atomic E-state index is 13.6. The Morgan fingerprint density at radius 3 is 2.50 bits per heavy atom. The Labute approximate surface area is 162 Å². The van der Waals surface area contributed by atoms with E-state index in [1.54, 1.807) is 32.9 Å². The van der Waals surface area contributed by atoms with Gasteiger partial charge in [-0.25, -0.2) is 9.18 Å². The summed E-state index contributed by atoms with van der Waals surface area (Å²) in [5.41, 5.74) is 7.74. The van der Waals surface area contributed by atoms with Crippen molar-refractivity contribution in [1.29, 1.82) is 5.26 Å². The van der Waals surface area contributed by atoms with E-state index in [2.05, 4.69) is 6.07 Å². The van der Waals surface area contributed by atoms with E-state index >= 15 is 0 Å². The number of carbonyl (C=O) groups is 2. The number of hydrogen-bond donors (Lipinski definition) is 1. The molecule has 2 aromatic rings. The van der Waals surface area contributed by atoms with Crippen LogP contribution in [0.5, 0.6) is 0 Å². The lowest BCUT2D eigenvalue weighted by Crippen LogP contribution is -2.33. The van der Waals surface area contributed by atoms with Crippen LogP contribution in [0.1, 0.15) is 47.8 Å². The van der Waals surface area contributed by atoms with Crippen molar-refractivity contribution < 1.29 is 18.7 Å². The summed E-state index contributed by atoms with van der Waals surface area (Å²) in [6, 6.07) is 9.18. The van der Waals surface area contributed by atoms with E-state index in [1.807, 2.05) is 0 Å². The molecule has 0 atom stereocenters. The molecule has 1 aliphatic heterocycles. The number of primary amides is 1.